The zero-order valence-electron chi connectivity index (χ0n) is 21.1. The minimum Gasteiger partial charge on any atom is -0.352 e. The molecule has 0 aromatic heterocycles. The summed E-state index contributed by atoms with van der Waals surface area (Å²) >= 11 is 24.6. The second-order valence-corrected chi connectivity index (χ2v) is 12.4. The van der Waals surface area contributed by atoms with Crippen LogP contribution in [-0.2, 0) is 26.2 Å². The molecule has 7 nitrogen and oxygen atoms in total. The van der Waals surface area contributed by atoms with Crippen molar-refractivity contribution in [3.63, 3.8) is 0 Å². The molecule has 0 saturated carbocycles. The number of sulfonamides is 1. The number of benzene rings is 2. The van der Waals surface area contributed by atoms with Crippen molar-refractivity contribution in [2.75, 3.05) is 17.1 Å². The fourth-order valence-electron chi connectivity index (χ4n) is 3.54. The Bertz CT molecular complexity index is 1230. The maximum absolute atomic E-state index is 13.4. The Hall–Kier alpha value is -1.71. The molecule has 2 aromatic carbocycles. The fourth-order valence-corrected chi connectivity index (χ4v) is 5.41. The van der Waals surface area contributed by atoms with E-state index in [0.29, 0.717) is 20.6 Å². The number of carbonyl (C=O) groups is 2. The van der Waals surface area contributed by atoms with Crippen LogP contribution < -0.4 is 9.62 Å². The first-order valence-electron chi connectivity index (χ1n) is 11.7. The lowest BCUT2D eigenvalue weighted by Gasteiger charge is -2.30. The summed E-state index contributed by atoms with van der Waals surface area (Å²) in [5, 5.41) is 4.27. The lowest BCUT2D eigenvalue weighted by molar-refractivity contribution is -0.140. The molecule has 0 fully saturated rings. The van der Waals surface area contributed by atoms with E-state index in [2.05, 4.69) is 5.32 Å². The predicted octanol–water partition coefficient (Wildman–Crippen LogP) is 6.18. The lowest BCUT2D eigenvalue weighted by atomic mass is 10.1. The summed E-state index contributed by atoms with van der Waals surface area (Å²) in [6.07, 6.45) is 1.96. The first kappa shape index (κ1) is 31.5. The first-order valence-corrected chi connectivity index (χ1v) is 15.1. The molecule has 12 heteroatoms. The van der Waals surface area contributed by atoms with Gasteiger partial charge in [0.25, 0.3) is 0 Å². The Morgan fingerprint density at radius 2 is 1.59 bits per heavy atom. The van der Waals surface area contributed by atoms with E-state index in [-0.39, 0.29) is 54.5 Å². The molecule has 0 saturated heterocycles. The molecule has 204 valence electrons. The highest BCUT2D eigenvalue weighted by Crippen LogP contribution is 2.31. The van der Waals surface area contributed by atoms with Crippen LogP contribution in [0.3, 0.4) is 0 Å². The maximum atomic E-state index is 13.4. The van der Waals surface area contributed by atoms with Gasteiger partial charge in [-0.1, -0.05) is 59.4 Å². The van der Waals surface area contributed by atoms with Gasteiger partial charge < -0.3 is 10.2 Å². The second kappa shape index (κ2) is 13.9. The molecule has 37 heavy (non-hydrogen) atoms. The maximum Gasteiger partial charge on any atom is 0.242 e. The first-order chi connectivity index (χ1) is 17.2. The summed E-state index contributed by atoms with van der Waals surface area (Å²) in [6, 6.07) is 8.62. The van der Waals surface area contributed by atoms with Gasteiger partial charge in [0.1, 0.15) is 6.04 Å². The molecule has 0 bridgehead atoms. The number of anilines is 1. The van der Waals surface area contributed by atoms with Crippen LogP contribution in [0.15, 0.2) is 36.4 Å². The number of nitrogens with zero attached hydrogens (tertiary/aromatic N) is 2. The number of carbonyl (C=O) groups excluding carboxylic acids is 2. The molecule has 0 aliphatic carbocycles. The van der Waals surface area contributed by atoms with Gasteiger partial charge in [0.2, 0.25) is 21.8 Å². The largest absolute Gasteiger partial charge is 0.352 e. The summed E-state index contributed by atoms with van der Waals surface area (Å²) in [6.45, 7) is 5.56. The summed E-state index contributed by atoms with van der Waals surface area (Å²) < 4.78 is 26.1. The van der Waals surface area contributed by atoms with Gasteiger partial charge >= 0.3 is 0 Å². The van der Waals surface area contributed by atoms with E-state index < -0.39 is 16.1 Å². The normalized spacial score (nSPS) is 13.1. The van der Waals surface area contributed by atoms with Crippen LogP contribution in [0.4, 0.5) is 5.69 Å². The molecule has 0 aliphatic rings. The smallest absolute Gasteiger partial charge is 0.242 e. The molecule has 2 rings (SSSR count). The Kier molecular flexibility index (Phi) is 11.8. The summed E-state index contributed by atoms with van der Waals surface area (Å²) in [5.74, 6) is -0.625. The van der Waals surface area contributed by atoms with Crippen LogP contribution in [0.5, 0.6) is 0 Å². The van der Waals surface area contributed by atoms with Crippen LogP contribution in [0, 0.1) is 0 Å². The number of hydrogen-bond acceptors (Lipinski definition) is 4. The van der Waals surface area contributed by atoms with E-state index in [1.807, 2.05) is 13.8 Å². The topological polar surface area (TPSA) is 86.8 Å². The van der Waals surface area contributed by atoms with Crippen LogP contribution in [-0.4, -0.2) is 50.0 Å². The van der Waals surface area contributed by atoms with Gasteiger partial charge in [-0.05, 0) is 62.6 Å². The number of amides is 2. The Balaban J connectivity index is 2.24. The minimum atomic E-state index is -3.71. The summed E-state index contributed by atoms with van der Waals surface area (Å²) in [7, 11) is -3.71. The highest BCUT2D eigenvalue weighted by atomic mass is 35.5. The third-order valence-corrected chi connectivity index (χ3v) is 8.17. The quantitative estimate of drug-likeness (QED) is 0.311. The molecule has 0 spiro atoms. The summed E-state index contributed by atoms with van der Waals surface area (Å²) in [4.78, 5) is 27.7. The second-order valence-electron chi connectivity index (χ2n) is 8.79. The van der Waals surface area contributed by atoms with Crippen molar-refractivity contribution >= 4 is 73.9 Å². The Morgan fingerprint density at radius 3 is 2.19 bits per heavy atom. The third-order valence-electron chi connectivity index (χ3n) is 5.85. The van der Waals surface area contributed by atoms with Gasteiger partial charge in [-0.3, -0.25) is 13.9 Å². The fraction of sp³-hybridized carbons (Fsp3) is 0.440. The molecule has 1 N–H and O–H groups in total. The van der Waals surface area contributed by atoms with Gasteiger partial charge in [-0.15, -0.1) is 0 Å². The standard InChI is InChI=1S/C25H31Cl4N3O4S/c1-5-16(2)30-25(34)17(3)31(15-18-8-9-19(26)13-22(18)29)24(33)7-6-12-32(37(4,35)36)23-14-20(27)10-11-21(23)28/h8-11,13-14,16-17H,5-7,12,15H2,1-4H3,(H,30,34)/t16-,17+/m0/s1. The SMILES string of the molecule is CC[C@H](C)NC(=O)[C@@H](C)N(Cc1ccc(Cl)cc1Cl)C(=O)CCCN(c1cc(Cl)ccc1Cl)S(C)(=O)=O. The van der Waals surface area contributed by atoms with Gasteiger partial charge in [-0.25, -0.2) is 8.42 Å². The summed E-state index contributed by atoms with van der Waals surface area (Å²) in [5.41, 5.74) is 0.862. The van der Waals surface area contributed by atoms with E-state index in [9.17, 15) is 18.0 Å². The highest BCUT2D eigenvalue weighted by Gasteiger charge is 2.28. The number of hydrogen-bond donors (Lipinski definition) is 1. The molecular weight excluding hydrogens is 580 g/mol. The average Bonchev–Trinajstić information content (AvgIpc) is 2.81. The molecule has 0 unspecified atom stereocenters. The molecule has 0 radical (unpaired) electrons. The van der Waals surface area contributed by atoms with E-state index in [1.54, 1.807) is 31.2 Å². The number of halogens is 4. The highest BCUT2D eigenvalue weighted by molar-refractivity contribution is 7.92. The zero-order chi connectivity index (χ0) is 27.9. The monoisotopic (exact) mass is 609 g/mol. The van der Waals surface area contributed by atoms with Crippen molar-refractivity contribution in [1.82, 2.24) is 10.2 Å². The van der Waals surface area contributed by atoms with Crippen molar-refractivity contribution in [2.24, 2.45) is 0 Å². The number of rotatable bonds is 12. The average molecular weight is 611 g/mol. The van der Waals surface area contributed by atoms with Crippen LogP contribution in [0.1, 0.15) is 45.6 Å². The van der Waals surface area contributed by atoms with E-state index >= 15 is 0 Å². The molecule has 2 amide bonds. The molecule has 2 aromatic rings. The van der Waals surface area contributed by atoms with Crippen molar-refractivity contribution in [3.8, 4) is 0 Å². The molecular formula is C25H31Cl4N3O4S. The van der Waals surface area contributed by atoms with Crippen LogP contribution in [0.2, 0.25) is 20.1 Å². The Morgan fingerprint density at radius 1 is 0.973 bits per heavy atom. The van der Waals surface area contributed by atoms with Crippen molar-refractivity contribution < 1.29 is 18.0 Å². The van der Waals surface area contributed by atoms with Gasteiger partial charge in [-0.2, -0.15) is 0 Å². The lowest BCUT2D eigenvalue weighted by Crippen LogP contribution is -2.49. The van der Waals surface area contributed by atoms with Crippen LogP contribution >= 0.6 is 46.4 Å². The third kappa shape index (κ3) is 9.21. The van der Waals surface area contributed by atoms with E-state index in [1.165, 1.54) is 17.0 Å². The van der Waals surface area contributed by atoms with Gasteiger partial charge in [0, 0.05) is 40.6 Å². The van der Waals surface area contributed by atoms with Gasteiger partial charge in [0.15, 0.2) is 0 Å². The van der Waals surface area contributed by atoms with Crippen molar-refractivity contribution in [1.29, 1.82) is 0 Å². The van der Waals surface area contributed by atoms with Crippen molar-refractivity contribution in [3.05, 3.63) is 62.1 Å². The van der Waals surface area contributed by atoms with Crippen molar-refractivity contribution in [2.45, 2.75) is 58.7 Å². The Labute approximate surface area is 239 Å². The molecule has 0 heterocycles. The zero-order valence-corrected chi connectivity index (χ0v) is 24.9. The van der Waals surface area contributed by atoms with Gasteiger partial charge in [0.05, 0.1) is 17.0 Å². The van der Waals surface area contributed by atoms with Crippen LogP contribution in [0.25, 0.3) is 0 Å². The molecule has 0 aliphatic heterocycles. The van der Waals surface area contributed by atoms with E-state index in [4.69, 9.17) is 46.4 Å². The minimum absolute atomic E-state index is 0.00633. The predicted molar refractivity (Wildman–Crippen MR) is 152 cm³/mol. The number of nitrogens with one attached hydrogen (secondary N) is 1. The van der Waals surface area contributed by atoms with E-state index in [0.717, 1.165) is 17.0 Å². The molecule has 2 atom stereocenters.